The molecule has 2 heterocycles. The molecule has 102 valence electrons. The van der Waals surface area contributed by atoms with Crippen LogP contribution in [0.15, 0.2) is 10.7 Å². The van der Waals surface area contributed by atoms with E-state index in [1.54, 1.807) is 0 Å². The fourth-order valence-corrected chi connectivity index (χ4v) is 2.03. The molecule has 0 unspecified atom stereocenters. The molecule has 0 saturated heterocycles. The largest absolute Gasteiger partial charge is 0.365 e. The standard InChI is InChI=1S/C14H20N4O/c1-5-6-12-7-15-11(4)17-14(12)16-8-13-9(2)18-19-10(13)3/h7H,5-6,8H2,1-4H3,(H,15,16,17). The van der Waals surface area contributed by atoms with Gasteiger partial charge < -0.3 is 9.84 Å². The third-order valence-electron chi connectivity index (χ3n) is 3.12. The van der Waals surface area contributed by atoms with E-state index in [0.29, 0.717) is 6.54 Å². The molecule has 2 aromatic rings. The third kappa shape index (κ3) is 3.10. The molecule has 0 aliphatic carbocycles. The average Bonchev–Trinajstić information content (AvgIpc) is 2.70. The van der Waals surface area contributed by atoms with Crippen LogP contribution < -0.4 is 5.32 Å². The summed E-state index contributed by atoms with van der Waals surface area (Å²) in [7, 11) is 0. The maximum atomic E-state index is 5.16. The number of nitrogens with one attached hydrogen (secondary N) is 1. The second-order valence-corrected chi connectivity index (χ2v) is 4.70. The van der Waals surface area contributed by atoms with Gasteiger partial charge in [-0.25, -0.2) is 9.97 Å². The molecule has 0 aliphatic heterocycles. The minimum Gasteiger partial charge on any atom is -0.365 e. The van der Waals surface area contributed by atoms with Gasteiger partial charge in [-0.2, -0.15) is 0 Å². The number of rotatable bonds is 5. The Labute approximate surface area is 113 Å². The molecule has 19 heavy (non-hydrogen) atoms. The molecule has 0 atom stereocenters. The lowest BCUT2D eigenvalue weighted by molar-refractivity contribution is 0.392. The normalized spacial score (nSPS) is 10.7. The van der Waals surface area contributed by atoms with Gasteiger partial charge in [0.15, 0.2) is 0 Å². The van der Waals surface area contributed by atoms with Crippen molar-refractivity contribution in [2.45, 2.75) is 47.1 Å². The monoisotopic (exact) mass is 260 g/mol. The summed E-state index contributed by atoms with van der Waals surface area (Å²) in [5, 5.41) is 7.33. The second-order valence-electron chi connectivity index (χ2n) is 4.70. The van der Waals surface area contributed by atoms with Gasteiger partial charge in [0.2, 0.25) is 0 Å². The summed E-state index contributed by atoms with van der Waals surface area (Å²) in [6.45, 7) is 8.60. The summed E-state index contributed by atoms with van der Waals surface area (Å²) in [4.78, 5) is 8.73. The topological polar surface area (TPSA) is 63.8 Å². The van der Waals surface area contributed by atoms with Crippen LogP contribution in [-0.2, 0) is 13.0 Å². The summed E-state index contributed by atoms with van der Waals surface area (Å²) in [6.07, 6.45) is 3.96. The molecule has 5 heteroatoms. The number of anilines is 1. The van der Waals surface area contributed by atoms with Crippen molar-refractivity contribution in [3.63, 3.8) is 0 Å². The van der Waals surface area contributed by atoms with Gasteiger partial charge in [-0.15, -0.1) is 0 Å². The van der Waals surface area contributed by atoms with Gasteiger partial charge in [0.1, 0.15) is 17.4 Å². The van der Waals surface area contributed by atoms with Gasteiger partial charge in [0.25, 0.3) is 0 Å². The third-order valence-corrected chi connectivity index (χ3v) is 3.12. The Morgan fingerprint density at radius 3 is 2.68 bits per heavy atom. The zero-order valence-electron chi connectivity index (χ0n) is 11.9. The molecule has 0 aromatic carbocycles. The zero-order chi connectivity index (χ0) is 13.8. The van der Waals surface area contributed by atoms with E-state index >= 15 is 0 Å². The summed E-state index contributed by atoms with van der Waals surface area (Å²) in [5.41, 5.74) is 3.17. The van der Waals surface area contributed by atoms with Crippen molar-refractivity contribution in [1.29, 1.82) is 0 Å². The molecule has 0 radical (unpaired) electrons. The van der Waals surface area contributed by atoms with Crippen LogP contribution in [0.1, 0.15) is 41.8 Å². The molecule has 0 fully saturated rings. The van der Waals surface area contributed by atoms with Crippen LogP contribution in [0.2, 0.25) is 0 Å². The quantitative estimate of drug-likeness (QED) is 0.895. The van der Waals surface area contributed by atoms with Gasteiger partial charge >= 0.3 is 0 Å². The van der Waals surface area contributed by atoms with Gasteiger partial charge in [0, 0.05) is 23.9 Å². The van der Waals surface area contributed by atoms with E-state index < -0.39 is 0 Å². The Hall–Kier alpha value is -1.91. The number of hydrogen-bond donors (Lipinski definition) is 1. The molecule has 1 N–H and O–H groups in total. The van der Waals surface area contributed by atoms with Crippen LogP contribution >= 0.6 is 0 Å². The maximum Gasteiger partial charge on any atom is 0.138 e. The molecule has 2 aromatic heterocycles. The highest BCUT2D eigenvalue weighted by atomic mass is 16.5. The minimum atomic E-state index is 0.675. The Balaban J connectivity index is 2.16. The molecule has 2 rings (SSSR count). The first-order valence-corrected chi connectivity index (χ1v) is 6.60. The average molecular weight is 260 g/mol. The number of nitrogens with zero attached hydrogens (tertiary/aromatic N) is 3. The van der Waals surface area contributed by atoms with E-state index in [9.17, 15) is 0 Å². The predicted octanol–water partition coefficient (Wildman–Crippen LogP) is 2.95. The minimum absolute atomic E-state index is 0.675. The van der Waals surface area contributed by atoms with Gasteiger partial charge in [-0.05, 0) is 27.2 Å². The number of aromatic nitrogens is 3. The van der Waals surface area contributed by atoms with E-state index in [4.69, 9.17) is 4.52 Å². The van der Waals surface area contributed by atoms with Crippen molar-refractivity contribution in [2.24, 2.45) is 0 Å². The number of aryl methyl sites for hydroxylation is 4. The van der Waals surface area contributed by atoms with E-state index in [2.05, 4.69) is 27.4 Å². The SMILES string of the molecule is CCCc1cnc(C)nc1NCc1c(C)noc1C. The highest BCUT2D eigenvalue weighted by Crippen LogP contribution is 2.17. The Bertz CT molecular complexity index is 543. The first-order valence-electron chi connectivity index (χ1n) is 6.60. The fraction of sp³-hybridized carbons (Fsp3) is 0.500. The van der Waals surface area contributed by atoms with Crippen LogP contribution in [0.25, 0.3) is 0 Å². The first kappa shape index (κ1) is 13.5. The summed E-state index contributed by atoms with van der Waals surface area (Å²) in [5.74, 6) is 2.54. The second kappa shape index (κ2) is 5.82. The van der Waals surface area contributed by atoms with Crippen LogP contribution in [0, 0.1) is 20.8 Å². The Morgan fingerprint density at radius 2 is 2.05 bits per heavy atom. The van der Waals surface area contributed by atoms with Crippen molar-refractivity contribution in [3.8, 4) is 0 Å². The van der Waals surface area contributed by atoms with Crippen LogP contribution in [0.3, 0.4) is 0 Å². The van der Waals surface area contributed by atoms with Gasteiger partial charge in [0.05, 0.1) is 5.69 Å². The van der Waals surface area contributed by atoms with E-state index in [-0.39, 0.29) is 0 Å². The molecule has 0 amide bonds. The Morgan fingerprint density at radius 1 is 1.26 bits per heavy atom. The van der Waals surface area contributed by atoms with Gasteiger partial charge in [-0.3, -0.25) is 0 Å². The highest BCUT2D eigenvalue weighted by Gasteiger charge is 2.10. The maximum absolute atomic E-state index is 5.16. The van der Waals surface area contributed by atoms with Crippen molar-refractivity contribution >= 4 is 5.82 Å². The van der Waals surface area contributed by atoms with Crippen molar-refractivity contribution in [1.82, 2.24) is 15.1 Å². The zero-order valence-corrected chi connectivity index (χ0v) is 11.9. The van der Waals surface area contributed by atoms with Gasteiger partial charge in [-0.1, -0.05) is 18.5 Å². The molecule has 0 saturated carbocycles. The van der Waals surface area contributed by atoms with Crippen LogP contribution in [0.5, 0.6) is 0 Å². The Kier molecular flexibility index (Phi) is 4.14. The van der Waals surface area contributed by atoms with E-state index in [0.717, 1.165) is 47.1 Å². The van der Waals surface area contributed by atoms with Crippen LogP contribution in [-0.4, -0.2) is 15.1 Å². The molecule has 0 bridgehead atoms. The predicted molar refractivity (Wildman–Crippen MR) is 74.1 cm³/mol. The highest BCUT2D eigenvalue weighted by molar-refractivity contribution is 5.44. The lowest BCUT2D eigenvalue weighted by Gasteiger charge is -2.10. The molecule has 0 spiro atoms. The molecule has 5 nitrogen and oxygen atoms in total. The van der Waals surface area contributed by atoms with Crippen LogP contribution in [0.4, 0.5) is 5.82 Å². The fourth-order valence-electron chi connectivity index (χ4n) is 2.03. The van der Waals surface area contributed by atoms with Crippen molar-refractivity contribution in [3.05, 3.63) is 34.6 Å². The number of hydrogen-bond acceptors (Lipinski definition) is 5. The van der Waals surface area contributed by atoms with Crippen molar-refractivity contribution in [2.75, 3.05) is 5.32 Å². The lowest BCUT2D eigenvalue weighted by atomic mass is 10.1. The molecular formula is C14H20N4O. The smallest absolute Gasteiger partial charge is 0.138 e. The summed E-state index contributed by atoms with van der Waals surface area (Å²) in [6, 6.07) is 0. The molecule has 0 aliphatic rings. The van der Waals surface area contributed by atoms with E-state index in [1.165, 1.54) is 0 Å². The lowest BCUT2D eigenvalue weighted by Crippen LogP contribution is -2.07. The summed E-state index contributed by atoms with van der Waals surface area (Å²) >= 11 is 0. The molecular weight excluding hydrogens is 240 g/mol. The summed E-state index contributed by atoms with van der Waals surface area (Å²) < 4.78 is 5.16. The first-order chi connectivity index (χ1) is 9.11. The van der Waals surface area contributed by atoms with Crippen molar-refractivity contribution < 1.29 is 4.52 Å². The van der Waals surface area contributed by atoms with E-state index in [1.807, 2.05) is 27.0 Å².